The summed E-state index contributed by atoms with van der Waals surface area (Å²) >= 11 is 0. The van der Waals surface area contributed by atoms with Gasteiger partial charge in [0.1, 0.15) is 5.75 Å². The number of rotatable bonds is 0. The highest BCUT2D eigenvalue weighted by molar-refractivity contribution is 5.88. The van der Waals surface area contributed by atoms with Gasteiger partial charge >= 0.3 is 0 Å². The van der Waals surface area contributed by atoms with Crippen LogP contribution in [0.2, 0.25) is 0 Å². The van der Waals surface area contributed by atoms with Gasteiger partial charge in [-0.05, 0) is 65.6 Å². The second-order valence-corrected chi connectivity index (χ2v) is 6.24. The van der Waals surface area contributed by atoms with Crippen molar-refractivity contribution in [3.05, 3.63) is 41.5 Å². The van der Waals surface area contributed by atoms with Crippen LogP contribution in [0.15, 0.2) is 30.3 Å². The highest BCUT2D eigenvalue weighted by atomic mass is 16.3. The number of aliphatic hydroxyl groups is 1. The minimum Gasteiger partial charge on any atom is -0.508 e. The zero-order valence-corrected chi connectivity index (χ0v) is 11.5. The SMILES string of the molecule is [2H]C1([2H])C[C@H]2c3ccc4cc(O)ccc4c3CC[C@]2(C)[C@@]1([2H])O. The molecule has 4 rings (SSSR count). The number of fused-ring (bicyclic) bond motifs is 5. The molecule has 2 N–H and O–H groups in total. The Morgan fingerprint density at radius 1 is 1.35 bits per heavy atom. The molecule has 2 aliphatic rings. The van der Waals surface area contributed by atoms with Gasteiger partial charge in [0.2, 0.25) is 0 Å². The van der Waals surface area contributed by atoms with Crippen molar-refractivity contribution < 1.29 is 14.3 Å². The van der Waals surface area contributed by atoms with Crippen LogP contribution in [0.4, 0.5) is 0 Å². The second-order valence-electron chi connectivity index (χ2n) is 6.24. The topological polar surface area (TPSA) is 40.5 Å². The quantitative estimate of drug-likeness (QED) is 0.766. The first-order valence-electron chi connectivity index (χ1n) is 8.64. The lowest BCUT2D eigenvalue weighted by molar-refractivity contribution is 0.0459. The van der Waals surface area contributed by atoms with Gasteiger partial charge in [-0.2, -0.15) is 0 Å². The molecule has 2 heteroatoms. The molecule has 1 saturated carbocycles. The van der Waals surface area contributed by atoms with Gasteiger partial charge in [0.05, 0.1) is 7.45 Å². The summed E-state index contributed by atoms with van der Waals surface area (Å²) < 4.78 is 24.6. The van der Waals surface area contributed by atoms with Crippen molar-refractivity contribution in [2.24, 2.45) is 5.41 Å². The molecule has 0 saturated heterocycles. The van der Waals surface area contributed by atoms with E-state index < -0.39 is 17.9 Å². The third kappa shape index (κ3) is 1.49. The minimum absolute atomic E-state index is 0.165. The number of hydrogen-bond donors (Lipinski definition) is 2. The number of aryl methyl sites for hydroxylation is 1. The third-order valence-corrected chi connectivity index (χ3v) is 5.20. The molecular weight excluding hydrogens is 248 g/mol. The highest BCUT2D eigenvalue weighted by Gasteiger charge is 2.48. The van der Waals surface area contributed by atoms with E-state index in [0.717, 1.165) is 16.3 Å². The molecule has 104 valence electrons. The predicted molar refractivity (Wildman–Crippen MR) is 80.0 cm³/mol. The van der Waals surface area contributed by atoms with E-state index in [-0.39, 0.29) is 18.1 Å². The molecule has 0 radical (unpaired) electrons. The van der Waals surface area contributed by atoms with Crippen LogP contribution in [0, 0.1) is 5.41 Å². The number of phenolic OH excluding ortho intramolecular Hbond substituents is 1. The summed E-state index contributed by atoms with van der Waals surface area (Å²) in [7, 11) is 0. The standard InChI is InChI=1S/C18H20O2/c1-18-9-8-14-13-5-3-12(19)10-11(13)2-4-15(14)16(18)6-7-17(18)20/h2-5,10,16-17,19-20H,6-9H2,1H3/t16-,17-,18-/m0/s1/i7D2,17D. The fraction of sp³-hybridized carbons (Fsp3) is 0.444. The molecule has 1 fully saturated rings. The van der Waals surface area contributed by atoms with Crippen LogP contribution in [0.5, 0.6) is 5.75 Å². The molecule has 2 aromatic carbocycles. The molecule has 20 heavy (non-hydrogen) atoms. The van der Waals surface area contributed by atoms with Crippen LogP contribution in [0.1, 0.15) is 47.3 Å². The Morgan fingerprint density at radius 3 is 3.05 bits per heavy atom. The van der Waals surface area contributed by atoms with Crippen molar-refractivity contribution in [3.8, 4) is 5.75 Å². The van der Waals surface area contributed by atoms with Crippen LogP contribution >= 0.6 is 0 Å². The zero-order chi connectivity index (χ0) is 16.6. The maximum absolute atomic E-state index is 10.6. The van der Waals surface area contributed by atoms with Gasteiger partial charge in [0.15, 0.2) is 0 Å². The highest BCUT2D eigenvalue weighted by Crippen LogP contribution is 2.56. The van der Waals surface area contributed by atoms with Gasteiger partial charge < -0.3 is 10.2 Å². The maximum atomic E-state index is 10.6. The third-order valence-electron chi connectivity index (χ3n) is 5.20. The summed E-state index contributed by atoms with van der Waals surface area (Å²) in [6, 6.07) is 9.24. The molecule has 0 bridgehead atoms. The van der Waals surface area contributed by atoms with Crippen molar-refractivity contribution in [1.29, 1.82) is 0 Å². The van der Waals surface area contributed by atoms with Crippen LogP contribution < -0.4 is 0 Å². The van der Waals surface area contributed by atoms with Crippen molar-refractivity contribution in [3.63, 3.8) is 0 Å². The molecular formula is C18H20O2. The van der Waals surface area contributed by atoms with Crippen molar-refractivity contribution in [2.75, 3.05) is 0 Å². The summed E-state index contributed by atoms with van der Waals surface area (Å²) in [5.74, 6) is 0.0674. The molecule has 2 aromatic rings. The number of benzene rings is 2. The minimum atomic E-state index is -2.08. The number of phenols is 1. The molecule has 0 aromatic heterocycles. The lowest BCUT2D eigenvalue weighted by Gasteiger charge is -2.40. The summed E-state index contributed by atoms with van der Waals surface area (Å²) in [6.45, 7) is 1.85. The van der Waals surface area contributed by atoms with E-state index in [9.17, 15) is 10.2 Å². The lowest BCUT2D eigenvalue weighted by atomic mass is 9.65. The van der Waals surface area contributed by atoms with E-state index in [1.165, 1.54) is 5.56 Å². The molecule has 3 atom stereocenters. The average Bonchev–Trinajstić information content (AvgIpc) is 2.62. The average molecular weight is 271 g/mol. The maximum Gasteiger partial charge on any atom is 0.116 e. The van der Waals surface area contributed by atoms with Crippen molar-refractivity contribution in [2.45, 2.75) is 44.6 Å². The number of aromatic hydroxyl groups is 1. The zero-order valence-electron chi connectivity index (χ0n) is 14.5. The van der Waals surface area contributed by atoms with Gasteiger partial charge in [-0.25, -0.2) is 0 Å². The van der Waals surface area contributed by atoms with E-state index in [1.807, 2.05) is 25.1 Å². The van der Waals surface area contributed by atoms with E-state index in [2.05, 4.69) is 0 Å². The summed E-state index contributed by atoms with van der Waals surface area (Å²) in [5.41, 5.74) is 1.43. The van der Waals surface area contributed by atoms with E-state index in [1.54, 1.807) is 12.1 Å². The summed E-state index contributed by atoms with van der Waals surface area (Å²) in [6.07, 6.45) is -2.53. The summed E-state index contributed by atoms with van der Waals surface area (Å²) in [4.78, 5) is 0. The fourth-order valence-electron chi connectivity index (χ4n) is 3.93. The van der Waals surface area contributed by atoms with Crippen LogP contribution in [-0.2, 0) is 6.42 Å². The lowest BCUT2D eigenvalue weighted by Crippen LogP contribution is -2.35. The first kappa shape index (κ1) is 9.41. The molecule has 2 aliphatic carbocycles. The molecule has 0 spiro atoms. The second kappa shape index (κ2) is 3.98. The van der Waals surface area contributed by atoms with Gasteiger partial charge in [-0.3, -0.25) is 0 Å². The summed E-state index contributed by atoms with van der Waals surface area (Å²) in [5, 5.41) is 22.3. The molecule has 0 unspecified atom stereocenters. The van der Waals surface area contributed by atoms with Gasteiger partial charge in [-0.15, -0.1) is 0 Å². The number of hydrogen-bond acceptors (Lipinski definition) is 2. The molecule has 0 aliphatic heterocycles. The Morgan fingerprint density at radius 2 is 2.20 bits per heavy atom. The van der Waals surface area contributed by atoms with Crippen molar-refractivity contribution in [1.82, 2.24) is 0 Å². The van der Waals surface area contributed by atoms with Crippen LogP contribution in [-0.4, -0.2) is 16.3 Å². The van der Waals surface area contributed by atoms with Crippen molar-refractivity contribution >= 4 is 10.8 Å². The fourth-order valence-corrected chi connectivity index (χ4v) is 3.93. The monoisotopic (exact) mass is 271 g/mol. The van der Waals surface area contributed by atoms with Gasteiger partial charge in [0.25, 0.3) is 0 Å². The Bertz CT molecular complexity index is 815. The first-order chi connectivity index (χ1) is 10.7. The van der Waals surface area contributed by atoms with Gasteiger partial charge in [0, 0.05) is 8.16 Å². The van der Waals surface area contributed by atoms with Gasteiger partial charge in [-0.1, -0.05) is 25.1 Å². The first-order valence-corrected chi connectivity index (χ1v) is 7.14. The Balaban J connectivity index is 1.94. The van der Waals surface area contributed by atoms with E-state index >= 15 is 0 Å². The van der Waals surface area contributed by atoms with Crippen LogP contribution in [0.25, 0.3) is 10.8 Å². The molecule has 0 amide bonds. The largest absolute Gasteiger partial charge is 0.508 e. The normalized spacial score (nSPS) is 40.5. The Hall–Kier alpha value is -1.54. The Labute approximate surface area is 123 Å². The smallest absolute Gasteiger partial charge is 0.116 e. The Kier molecular flexibility index (Phi) is 1.87. The predicted octanol–water partition coefficient (Wildman–Crippen LogP) is 3.74. The van der Waals surface area contributed by atoms with E-state index in [0.29, 0.717) is 12.8 Å². The van der Waals surface area contributed by atoms with E-state index in [4.69, 9.17) is 4.11 Å². The molecule has 0 heterocycles. The van der Waals surface area contributed by atoms with Crippen LogP contribution in [0.3, 0.4) is 0 Å². The molecule has 2 nitrogen and oxygen atoms in total.